The van der Waals surface area contributed by atoms with Crippen molar-refractivity contribution in [1.82, 2.24) is 24.9 Å². The maximum Gasteiger partial charge on any atom is 0.322 e. The van der Waals surface area contributed by atoms with Crippen LogP contribution in [0.4, 0.5) is 21.0 Å². The highest BCUT2D eigenvalue weighted by Gasteiger charge is 2.35. The summed E-state index contributed by atoms with van der Waals surface area (Å²) < 4.78 is 0. The highest BCUT2D eigenvalue weighted by molar-refractivity contribution is 7.08. The number of urea groups is 2. The molecule has 10 nitrogen and oxygen atoms in total. The molecule has 4 N–H and O–H groups in total. The second-order valence-electron chi connectivity index (χ2n) is 13.1. The SMILES string of the molecule is Cc1cc(C[C@@H](NC(=O)N2CCC(N3CCc4cscc4NC3=O)CC2)C(=O)N2CCC(N3CCCCC3)CC2)cc(Cl)c1N. The number of likely N-dealkylation sites (tertiary alicyclic amines) is 3. The Bertz CT molecular complexity index is 1360. The molecular formula is C33H46ClN7O3S. The maximum absolute atomic E-state index is 14.0. The lowest BCUT2D eigenvalue weighted by Crippen LogP contribution is -2.57. The summed E-state index contributed by atoms with van der Waals surface area (Å²) >= 11 is 8.02. The minimum atomic E-state index is -0.712. The average Bonchev–Trinajstić information content (AvgIpc) is 3.43. The summed E-state index contributed by atoms with van der Waals surface area (Å²) in [6.07, 6.45) is 8.31. The van der Waals surface area contributed by atoms with Crippen molar-refractivity contribution >= 4 is 52.3 Å². The summed E-state index contributed by atoms with van der Waals surface area (Å²) in [6.45, 7) is 7.33. The molecule has 0 unspecified atom stereocenters. The lowest BCUT2D eigenvalue weighted by Gasteiger charge is -2.41. The number of hydrogen-bond donors (Lipinski definition) is 3. The third-order valence-corrected chi connectivity index (χ3v) is 11.3. The first-order chi connectivity index (χ1) is 21.8. The number of piperidine rings is 3. The zero-order valence-electron chi connectivity index (χ0n) is 26.2. The van der Waals surface area contributed by atoms with Crippen LogP contribution in [0.3, 0.4) is 0 Å². The Kier molecular flexibility index (Phi) is 10.1. The van der Waals surface area contributed by atoms with E-state index in [-0.39, 0.29) is 24.0 Å². The predicted molar refractivity (Wildman–Crippen MR) is 180 cm³/mol. The molecule has 1 aromatic heterocycles. The third-order valence-electron chi connectivity index (χ3n) is 10.2. The number of benzene rings is 1. The Hall–Kier alpha value is -3.02. The number of carbonyl (C=O) groups excluding carboxylic acids is 3. The van der Waals surface area contributed by atoms with Crippen LogP contribution in [-0.2, 0) is 17.6 Å². The van der Waals surface area contributed by atoms with Crippen LogP contribution in [0.15, 0.2) is 22.9 Å². The first-order valence-corrected chi connectivity index (χ1v) is 17.8. The number of halogens is 1. The lowest BCUT2D eigenvalue weighted by atomic mass is 9.97. The van der Waals surface area contributed by atoms with Crippen molar-refractivity contribution in [2.45, 2.75) is 82.8 Å². The van der Waals surface area contributed by atoms with Gasteiger partial charge in [0.15, 0.2) is 0 Å². The Labute approximate surface area is 275 Å². The third kappa shape index (κ3) is 7.36. The minimum absolute atomic E-state index is 0.0468. The van der Waals surface area contributed by atoms with Gasteiger partial charge in [-0.25, -0.2) is 9.59 Å². The van der Waals surface area contributed by atoms with E-state index in [1.807, 2.05) is 28.2 Å². The van der Waals surface area contributed by atoms with Crippen molar-refractivity contribution < 1.29 is 14.4 Å². The fraction of sp³-hybridized carbons (Fsp3) is 0.606. The van der Waals surface area contributed by atoms with Crippen LogP contribution < -0.4 is 16.4 Å². The van der Waals surface area contributed by atoms with E-state index in [1.165, 1.54) is 24.8 Å². The zero-order valence-corrected chi connectivity index (χ0v) is 27.8. The van der Waals surface area contributed by atoms with Gasteiger partial charge in [-0.2, -0.15) is 0 Å². The molecule has 1 atom stereocenters. The molecule has 0 bridgehead atoms. The molecule has 0 saturated carbocycles. The van der Waals surface area contributed by atoms with Crippen molar-refractivity contribution in [2.24, 2.45) is 0 Å². The normalized spacial score (nSPS) is 21.2. The Morgan fingerprint density at radius 2 is 1.67 bits per heavy atom. The van der Waals surface area contributed by atoms with Crippen LogP contribution in [0.5, 0.6) is 0 Å². The number of carbonyl (C=O) groups is 3. The largest absolute Gasteiger partial charge is 0.397 e. The number of nitrogens with one attached hydrogen (secondary N) is 2. The molecule has 4 aliphatic heterocycles. The van der Waals surface area contributed by atoms with Gasteiger partial charge in [-0.15, -0.1) is 11.3 Å². The molecule has 12 heteroatoms. The quantitative estimate of drug-likeness (QED) is 0.382. The fourth-order valence-corrected chi connectivity index (χ4v) is 8.57. The Morgan fingerprint density at radius 1 is 0.978 bits per heavy atom. The highest BCUT2D eigenvalue weighted by atomic mass is 35.5. The number of anilines is 2. The number of fused-ring (bicyclic) bond motifs is 1. The first-order valence-electron chi connectivity index (χ1n) is 16.5. The number of nitrogen functional groups attached to an aromatic ring is 1. The van der Waals surface area contributed by atoms with Crippen molar-refractivity contribution in [3.8, 4) is 0 Å². The number of hydrogen-bond acceptors (Lipinski definition) is 6. The first kappa shape index (κ1) is 31.9. The standard InChI is InChI=1S/C33H46ClN7O3S/c1-22-17-23(18-27(34)30(22)35)19-28(31(42)39-12-6-25(7-13-39)38-10-3-2-4-11-38)36-32(43)40-14-8-26(9-15-40)41-16-5-24-20-45-21-29(24)37-33(41)44/h17-18,20-21,25-26,28H,2-16,19,35H2,1H3,(H,36,43)(H,37,44)/t28-/m1/s1. The number of nitrogens with zero attached hydrogens (tertiary/aromatic N) is 4. The van der Waals surface area contributed by atoms with Gasteiger partial charge in [0.1, 0.15) is 6.04 Å². The van der Waals surface area contributed by atoms with Crippen molar-refractivity contribution in [3.63, 3.8) is 0 Å². The van der Waals surface area contributed by atoms with Gasteiger partial charge >= 0.3 is 12.1 Å². The van der Waals surface area contributed by atoms with Crippen LogP contribution >= 0.6 is 22.9 Å². The Balaban J connectivity index is 1.09. The van der Waals surface area contributed by atoms with Gasteiger partial charge in [0.2, 0.25) is 5.91 Å². The van der Waals surface area contributed by atoms with E-state index in [2.05, 4.69) is 20.9 Å². The molecule has 4 aliphatic rings. The highest BCUT2D eigenvalue weighted by Crippen LogP contribution is 2.29. The van der Waals surface area contributed by atoms with E-state index in [9.17, 15) is 14.4 Å². The maximum atomic E-state index is 14.0. The monoisotopic (exact) mass is 655 g/mol. The average molecular weight is 656 g/mol. The van der Waals surface area contributed by atoms with Crippen LogP contribution in [-0.4, -0.2) is 102 Å². The molecule has 0 spiro atoms. The van der Waals surface area contributed by atoms with E-state index >= 15 is 0 Å². The van der Waals surface area contributed by atoms with Gasteiger partial charge < -0.3 is 36.0 Å². The van der Waals surface area contributed by atoms with Crippen LogP contribution in [0.25, 0.3) is 0 Å². The Morgan fingerprint density at radius 3 is 2.38 bits per heavy atom. The van der Waals surface area contributed by atoms with E-state index in [1.54, 1.807) is 22.3 Å². The van der Waals surface area contributed by atoms with Gasteiger partial charge in [0.25, 0.3) is 0 Å². The van der Waals surface area contributed by atoms with E-state index in [0.717, 1.165) is 49.2 Å². The number of amides is 5. The fourth-order valence-electron chi connectivity index (χ4n) is 7.46. The van der Waals surface area contributed by atoms with Gasteiger partial charge in [-0.3, -0.25) is 4.79 Å². The zero-order chi connectivity index (χ0) is 31.5. The molecule has 244 valence electrons. The second-order valence-corrected chi connectivity index (χ2v) is 14.2. The van der Waals surface area contributed by atoms with E-state index in [0.29, 0.717) is 68.7 Å². The number of rotatable bonds is 6. The number of nitrogens with two attached hydrogens (primary N) is 1. The van der Waals surface area contributed by atoms with Gasteiger partial charge in [-0.1, -0.05) is 24.1 Å². The van der Waals surface area contributed by atoms with Gasteiger partial charge in [-0.05, 0) is 93.1 Å². The summed E-state index contributed by atoms with van der Waals surface area (Å²) in [7, 11) is 0. The van der Waals surface area contributed by atoms with E-state index in [4.69, 9.17) is 17.3 Å². The summed E-state index contributed by atoms with van der Waals surface area (Å²) in [4.78, 5) is 48.9. The van der Waals surface area contributed by atoms with Crippen molar-refractivity contribution in [2.75, 3.05) is 56.9 Å². The molecule has 1 aromatic carbocycles. The number of aryl methyl sites for hydroxylation is 1. The van der Waals surface area contributed by atoms with Crippen LogP contribution in [0, 0.1) is 6.92 Å². The molecular weight excluding hydrogens is 610 g/mol. The topological polar surface area (TPSA) is 114 Å². The lowest BCUT2D eigenvalue weighted by molar-refractivity contribution is -0.134. The van der Waals surface area contributed by atoms with Crippen molar-refractivity contribution in [1.29, 1.82) is 0 Å². The van der Waals surface area contributed by atoms with Crippen LogP contribution in [0.2, 0.25) is 5.02 Å². The molecule has 45 heavy (non-hydrogen) atoms. The predicted octanol–water partition coefficient (Wildman–Crippen LogP) is 4.94. The molecule has 5 amide bonds. The second kappa shape index (κ2) is 14.2. The molecule has 3 saturated heterocycles. The van der Waals surface area contributed by atoms with E-state index < -0.39 is 6.04 Å². The van der Waals surface area contributed by atoms with Gasteiger partial charge in [0.05, 0.1) is 16.4 Å². The molecule has 0 aliphatic carbocycles. The van der Waals surface area contributed by atoms with Crippen LogP contribution in [0.1, 0.15) is 61.6 Å². The minimum Gasteiger partial charge on any atom is -0.397 e. The molecule has 0 radical (unpaired) electrons. The molecule has 6 rings (SSSR count). The molecule has 3 fully saturated rings. The van der Waals surface area contributed by atoms with Gasteiger partial charge in [0, 0.05) is 56.6 Å². The summed E-state index contributed by atoms with van der Waals surface area (Å²) in [5.74, 6) is -0.0468. The number of thiophene rings is 1. The summed E-state index contributed by atoms with van der Waals surface area (Å²) in [5, 5.41) is 10.7. The summed E-state index contributed by atoms with van der Waals surface area (Å²) in [5.41, 5.74) is 10.4. The van der Waals surface area contributed by atoms with Crippen molar-refractivity contribution in [3.05, 3.63) is 44.6 Å². The molecule has 2 aromatic rings. The summed E-state index contributed by atoms with van der Waals surface area (Å²) in [6, 6.07) is 3.33. The smallest absolute Gasteiger partial charge is 0.322 e. The molecule has 5 heterocycles.